The second-order valence-electron chi connectivity index (χ2n) is 5.96. The molecule has 1 heterocycles. The molecule has 16 heavy (non-hydrogen) atoms. The highest BCUT2D eigenvalue weighted by atomic mass is 15.2. The molecule has 0 radical (unpaired) electrons. The van der Waals surface area contributed by atoms with Gasteiger partial charge in [-0.1, -0.05) is 13.8 Å². The predicted octanol–water partition coefficient (Wildman–Crippen LogP) is 2.64. The second kappa shape index (κ2) is 5.50. The molecule has 1 aliphatic carbocycles. The Morgan fingerprint density at radius 3 is 2.56 bits per heavy atom. The summed E-state index contributed by atoms with van der Waals surface area (Å²) in [5, 5.41) is 3.70. The number of likely N-dealkylation sites (tertiary alicyclic amines) is 1. The molecule has 2 nitrogen and oxygen atoms in total. The summed E-state index contributed by atoms with van der Waals surface area (Å²) >= 11 is 0. The van der Waals surface area contributed by atoms with Gasteiger partial charge in [-0.3, -0.25) is 4.90 Å². The summed E-state index contributed by atoms with van der Waals surface area (Å²) in [5.74, 6) is 0.931. The Hall–Kier alpha value is -0.0800. The van der Waals surface area contributed by atoms with E-state index in [4.69, 9.17) is 0 Å². The molecule has 1 saturated heterocycles. The summed E-state index contributed by atoms with van der Waals surface area (Å²) in [4.78, 5) is 2.75. The fraction of sp³-hybridized carbons (Fsp3) is 1.00. The lowest BCUT2D eigenvalue weighted by Gasteiger charge is -2.41. The van der Waals surface area contributed by atoms with Crippen molar-refractivity contribution in [1.29, 1.82) is 0 Å². The van der Waals surface area contributed by atoms with E-state index in [-0.39, 0.29) is 0 Å². The molecule has 1 saturated carbocycles. The Morgan fingerprint density at radius 2 is 2.00 bits per heavy atom. The van der Waals surface area contributed by atoms with Gasteiger partial charge in [0.1, 0.15) is 0 Å². The van der Waals surface area contributed by atoms with Crippen molar-refractivity contribution >= 4 is 0 Å². The molecule has 0 spiro atoms. The summed E-state index contributed by atoms with van der Waals surface area (Å²) in [6, 6.07) is 2.41. The summed E-state index contributed by atoms with van der Waals surface area (Å²) in [6.07, 6.45) is 6.88. The highest BCUT2D eigenvalue weighted by Gasteiger charge is 2.29. The van der Waals surface area contributed by atoms with Crippen LogP contribution in [-0.4, -0.2) is 36.1 Å². The van der Waals surface area contributed by atoms with E-state index >= 15 is 0 Å². The van der Waals surface area contributed by atoms with Crippen molar-refractivity contribution in [3.8, 4) is 0 Å². The van der Waals surface area contributed by atoms with Gasteiger partial charge in [-0.2, -0.15) is 0 Å². The largest absolute Gasteiger partial charge is 0.312 e. The normalized spacial score (nSPS) is 33.9. The SMILES string of the molecule is CCC(CNC1CC1)N1CCC(C)CC1C. The molecule has 0 aromatic heterocycles. The van der Waals surface area contributed by atoms with Gasteiger partial charge in [0.25, 0.3) is 0 Å². The lowest BCUT2D eigenvalue weighted by Crippen LogP contribution is -2.50. The summed E-state index contributed by atoms with van der Waals surface area (Å²) < 4.78 is 0. The van der Waals surface area contributed by atoms with Crippen LogP contribution in [0.1, 0.15) is 52.9 Å². The topological polar surface area (TPSA) is 15.3 Å². The molecule has 3 atom stereocenters. The van der Waals surface area contributed by atoms with E-state index in [1.807, 2.05) is 0 Å². The van der Waals surface area contributed by atoms with E-state index in [1.165, 1.54) is 45.2 Å². The van der Waals surface area contributed by atoms with Crippen LogP contribution in [0.25, 0.3) is 0 Å². The molecule has 1 N–H and O–H groups in total. The first-order valence-corrected chi connectivity index (χ1v) is 7.19. The fourth-order valence-corrected chi connectivity index (χ4v) is 3.05. The van der Waals surface area contributed by atoms with Crippen molar-refractivity contribution in [1.82, 2.24) is 10.2 Å². The lowest BCUT2D eigenvalue weighted by atomic mass is 9.91. The smallest absolute Gasteiger partial charge is 0.0220 e. The lowest BCUT2D eigenvalue weighted by molar-refractivity contribution is 0.0786. The van der Waals surface area contributed by atoms with Gasteiger partial charge in [0.15, 0.2) is 0 Å². The molecular weight excluding hydrogens is 196 g/mol. The van der Waals surface area contributed by atoms with Crippen LogP contribution in [0.4, 0.5) is 0 Å². The minimum atomic E-state index is 0.767. The molecule has 1 aliphatic heterocycles. The van der Waals surface area contributed by atoms with E-state index in [1.54, 1.807) is 0 Å². The molecule has 0 amide bonds. The van der Waals surface area contributed by atoms with Gasteiger partial charge in [-0.05, 0) is 51.5 Å². The quantitative estimate of drug-likeness (QED) is 0.772. The van der Waals surface area contributed by atoms with Gasteiger partial charge in [0.2, 0.25) is 0 Å². The van der Waals surface area contributed by atoms with Gasteiger partial charge < -0.3 is 5.32 Å². The first kappa shape index (κ1) is 12.4. The predicted molar refractivity (Wildman–Crippen MR) is 69.7 cm³/mol. The van der Waals surface area contributed by atoms with Crippen molar-refractivity contribution in [3.63, 3.8) is 0 Å². The van der Waals surface area contributed by atoms with E-state index in [9.17, 15) is 0 Å². The number of nitrogens with one attached hydrogen (secondary N) is 1. The standard InChI is InChI=1S/C14H28N2/c1-4-14(10-15-13-5-6-13)16-8-7-11(2)9-12(16)3/h11-15H,4-10H2,1-3H3. The molecule has 0 aromatic carbocycles. The first-order valence-electron chi connectivity index (χ1n) is 7.19. The van der Waals surface area contributed by atoms with Gasteiger partial charge in [0, 0.05) is 24.7 Å². The molecule has 2 aliphatic rings. The van der Waals surface area contributed by atoms with Crippen molar-refractivity contribution in [2.45, 2.75) is 71.0 Å². The Kier molecular flexibility index (Phi) is 4.26. The van der Waals surface area contributed by atoms with Crippen molar-refractivity contribution in [3.05, 3.63) is 0 Å². The Bertz CT molecular complexity index is 213. The van der Waals surface area contributed by atoms with Crippen LogP contribution in [0.3, 0.4) is 0 Å². The number of piperidine rings is 1. The molecule has 2 rings (SSSR count). The average molecular weight is 224 g/mol. The maximum Gasteiger partial charge on any atom is 0.0220 e. The molecule has 94 valence electrons. The third kappa shape index (κ3) is 3.21. The molecule has 0 aromatic rings. The summed E-state index contributed by atoms with van der Waals surface area (Å²) in [5.41, 5.74) is 0. The van der Waals surface area contributed by atoms with Gasteiger partial charge in [-0.15, -0.1) is 0 Å². The van der Waals surface area contributed by atoms with Crippen molar-refractivity contribution < 1.29 is 0 Å². The molecule has 0 bridgehead atoms. The van der Waals surface area contributed by atoms with E-state index in [0.717, 1.165) is 24.0 Å². The minimum Gasteiger partial charge on any atom is -0.312 e. The van der Waals surface area contributed by atoms with E-state index in [2.05, 4.69) is 31.0 Å². The minimum absolute atomic E-state index is 0.767. The highest BCUT2D eigenvalue weighted by Crippen LogP contribution is 2.25. The van der Waals surface area contributed by atoms with Crippen LogP contribution < -0.4 is 5.32 Å². The van der Waals surface area contributed by atoms with Gasteiger partial charge in [0.05, 0.1) is 0 Å². The Balaban J connectivity index is 1.81. The maximum absolute atomic E-state index is 3.70. The van der Waals surface area contributed by atoms with Crippen LogP contribution in [0, 0.1) is 5.92 Å². The van der Waals surface area contributed by atoms with Crippen molar-refractivity contribution in [2.24, 2.45) is 5.92 Å². The van der Waals surface area contributed by atoms with Crippen LogP contribution in [0.2, 0.25) is 0 Å². The van der Waals surface area contributed by atoms with Crippen LogP contribution >= 0.6 is 0 Å². The molecular formula is C14H28N2. The molecule has 3 unspecified atom stereocenters. The number of hydrogen-bond acceptors (Lipinski definition) is 2. The monoisotopic (exact) mass is 224 g/mol. The summed E-state index contributed by atoms with van der Waals surface area (Å²) in [7, 11) is 0. The van der Waals surface area contributed by atoms with E-state index in [0.29, 0.717) is 0 Å². The van der Waals surface area contributed by atoms with Crippen molar-refractivity contribution in [2.75, 3.05) is 13.1 Å². The molecule has 2 fully saturated rings. The molecule has 2 heteroatoms. The fourth-order valence-electron chi connectivity index (χ4n) is 3.05. The number of rotatable bonds is 5. The number of hydrogen-bond donors (Lipinski definition) is 1. The van der Waals surface area contributed by atoms with Crippen LogP contribution in [0.5, 0.6) is 0 Å². The number of nitrogens with zero attached hydrogens (tertiary/aromatic N) is 1. The van der Waals surface area contributed by atoms with Gasteiger partial charge >= 0.3 is 0 Å². The van der Waals surface area contributed by atoms with Gasteiger partial charge in [-0.25, -0.2) is 0 Å². The Labute approximate surface area is 101 Å². The maximum atomic E-state index is 3.70. The summed E-state index contributed by atoms with van der Waals surface area (Å²) in [6.45, 7) is 9.67. The van der Waals surface area contributed by atoms with Crippen LogP contribution in [-0.2, 0) is 0 Å². The third-order valence-electron chi connectivity index (χ3n) is 4.35. The zero-order valence-electron chi connectivity index (χ0n) is 11.2. The zero-order valence-corrected chi connectivity index (χ0v) is 11.2. The first-order chi connectivity index (χ1) is 7.70. The zero-order chi connectivity index (χ0) is 11.5. The van der Waals surface area contributed by atoms with Crippen LogP contribution in [0.15, 0.2) is 0 Å². The highest BCUT2D eigenvalue weighted by molar-refractivity contribution is 4.87. The Morgan fingerprint density at radius 1 is 1.25 bits per heavy atom. The average Bonchev–Trinajstić information content (AvgIpc) is 3.05. The van der Waals surface area contributed by atoms with E-state index < -0.39 is 0 Å². The second-order valence-corrected chi connectivity index (χ2v) is 5.96. The third-order valence-corrected chi connectivity index (χ3v) is 4.35.